The van der Waals surface area contributed by atoms with Crippen molar-refractivity contribution in [2.45, 2.75) is 30.3 Å². The van der Waals surface area contributed by atoms with Crippen LogP contribution in [0.25, 0.3) is 0 Å². The predicted molar refractivity (Wildman–Crippen MR) is 63.8 cm³/mol. The number of imidazole rings is 1. The number of rotatable bonds is 5. The summed E-state index contributed by atoms with van der Waals surface area (Å²) in [6, 6.07) is 0.102. The van der Waals surface area contributed by atoms with Gasteiger partial charge >= 0.3 is 0 Å². The quantitative estimate of drug-likeness (QED) is 0.801. The molecule has 1 aromatic rings. The summed E-state index contributed by atoms with van der Waals surface area (Å²) >= 11 is 0. The minimum atomic E-state index is -3.48. The van der Waals surface area contributed by atoms with Crippen LogP contribution in [0.1, 0.15) is 19.3 Å². The maximum atomic E-state index is 12.4. The number of nitrogens with zero attached hydrogens (tertiary/aromatic N) is 3. The fraction of sp³-hybridized carbons (Fsp3) is 0.700. The third kappa shape index (κ3) is 2.36. The first-order valence-electron chi connectivity index (χ1n) is 5.75. The van der Waals surface area contributed by atoms with Gasteiger partial charge in [0.1, 0.15) is 0 Å². The Kier molecular flexibility index (Phi) is 3.50. The molecule has 0 bridgehead atoms. The van der Waals surface area contributed by atoms with E-state index in [-0.39, 0.29) is 11.1 Å². The number of nitrogens with two attached hydrogens (primary N) is 1. The van der Waals surface area contributed by atoms with E-state index in [1.807, 2.05) is 0 Å². The van der Waals surface area contributed by atoms with Gasteiger partial charge in [0.25, 0.3) is 10.0 Å². The van der Waals surface area contributed by atoms with Crippen LogP contribution in [-0.4, -0.2) is 41.4 Å². The second-order valence-electron chi connectivity index (χ2n) is 4.37. The summed E-state index contributed by atoms with van der Waals surface area (Å²) < 4.78 is 27.9. The second-order valence-corrected chi connectivity index (χ2v) is 6.20. The summed E-state index contributed by atoms with van der Waals surface area (Å²) in [5, 5.41) is 0.111. The van der Waals surface area contributed by atoms with Gasteiger partial charge in [-0.15, -0.1) is 0 Å². The molecule has 0 radical (unpaired) electrons. The molecule has 1 aliphatic carbocycles. The molecule has 17 heavy (non-hydrogen) atoms. The van der Waals surface area contributed by atoms with E-state index in [2.05, 4.69) is 4.98 Å². The Hall–Kier alpha value is -0.920. The van der Waals surface area contributed by atoms with Gasteiger partial charge in [0.15, 0.2) is 5.03 Å². The minimum Gasteiger partial charge on any atom is -0.339 e. The lowest BCUT2D eigenvalue weighted by molar-refractivity contribution is 0.222. The van der Waals surface area contributed by atoms with Gasteiger partial charge in [-0.2, -0.15) is 4.31 Å². The summed E-state index contributed by atoms with van der Waals surface area (Å²) in [4.78, 5) is 3.92. The summed E-state index contributed by atoms with van der Waals surface area (Å²) in [6.45, 7) is 0.701. The lowest BCUT2D eigenvalue weighted by atomic mass is 9.93. The molecule has 7 heteroatoms. The average molecular weight is 258 g/mol. The largest absolute Gasteiger partial charge is 0.339 e. The molecule has 6 nitrogen and oxygen atoms in total. The van der Waals surface area contributed by atoms with Crippen LogP contribution in [0.15, 0.2) is 17.6 Å². The van der Waals surface area contributed by atoms with Gasteiger partial charge in [-0.05, 0) is 12.8 Å². The second kappa shape index (κ2) is 4.75. The Bertz CT molecular complexity index is 478. The van der Waals surface area contributed by atoms with Crippen LogP contribution in [0.5, 0.6) is 0 Å². The standard InChI is InChI=1S/C10H18N4O2S/c1-13-7-10(12-8-13)17(15,16)14(6-5-11)9-3-2-4-9/h7-9H,2-6,11H2,1H3. The number of hydrogen-bond donors (Lipinski definition) is 1. The van der Waals surface area contributed by atoms with Crippen LogP contribution in [-0.2, 0) is 17.1 Å². The fourth-order valence-electron chi connectivity index (χ4n) is 1.94. The maximum Gasteiger partial charge on any atom is 0.262 e. The zero-order valence-corrected chi connectivity index (χ0v) is 10.7. The normalized spacial score (nSPS) is 17.4. The first kappa shape index (κ1) is 12.5. The summed E-state index contributed by atoms with van der Waals surface area (Å²) in [7, 11) is -1.73. The molecular formula is C10H18N4O2S. The van der Waals surface area contributed by atoms with Crippen molar-refractivity contribution in [1.29, 1.82) is 0 Å². The van der Waals surface area contributed by atoms with Crippen molar-refractivity contribution in [3.05, 3.63) is 12.5 Å². The molecule has 0 atom stereocenters. The highest BCUT2D eigenvalue weighted by Gasteiger charge is 2.35. The van der Waals surface area contributed by atoms with Crippen LogP contribution in [0.3, 0.4) is 0 Å². The van der Waals surface area contributed by atoms with Gasteiger partial charge in [-0.25, -0.2) is 13.4 Å². The first-order valence-corrected chi connectivity index (χ1v) is 7.19. The van der Waals surface area contributed by atoms with Crippen molar-refractivity contribution in [2.75, 3.05) is 13.1 Å². The third-order valence-corrected chi connectivity index (χ3v) is 4.92. The number of aryl methyl sites for hydroxylation is 1. The summed E-state index contributed by atoms with van der Waals surface area (Å²) in [6.07, 6.45) is 5.95. The molecule has 0 amide bonds. The van der Waals surface area contributed by atoms with Crippen LogP contribution < -0.4 is 5.73 Å². The number of sulfonamides is 1. The van der Waals surface area contributed by atoms with E-state index in [0.29, 0.717) is 13.1 Å². The average Bonchev–Trinajstić information content (AvgIpc) is 2.62. The van der Waals surface area contributed by atoms with Crippen LogP contribution in [0, 0.1) is 0 Å². The molecule has 2 rings (SSSR count). The Morgan fingerprint density at radius 1 is 1.59 bits per heavy atom. The Morgan fingerprint density at radius 3 is 2.71 bits per heavy atom. The molecule has 1 fully saturated rings. The van der Waals surface area contributed by atoms with Crippen LogP contribution in [0.2, 0.25) is 0 Å². The molecule has 2 N–H and O–H groups in total. The molecule has 1 saturated carbocycles. The van der Waals surface area contributed by atoms with Crippen molar-refractivity contribution in [3.8, 4) is 0 Å². The van der Waals surface area contributed by atoms with E-state index in [0.717, 1.165) is 19.3 Å². The monoisotopic (exact) mass is 258 g/mol. The molecule has 0 aromatic carbocycles. The third-order valence-electron chi connectivity index (χ3n) is 3.09. The maximum absolute atomic E-state index is 12.4. The molecule has 0 saturated heterocycles. The van der Waals surface area contributed by atoms with E-state index in [4.69, 9.17) is 5.73 Å². The van der Waals surface area contributed by atoms with Gasteiger partial charge in [0.05, 0.1) is 6.33 Å². The molecule has 1 aliphatic rings. The van der Waals surface area contributed by atoms with E-state index >= 15 is 0 Å². The molecule has 1 aromatic heterocycles. The van der Waals surface area contributed by atoms with E-state index in [1.165, 1.54) is 16.8 Å². The highest BCUT2D eigenvalue weighted by molar-refractivity contribution is 7.89. The topological polar surface area (TPSA) is 81.2 Å². The molecule has 0 unspecified atom stereocenters. The highest BCUT2D eigenvalue weighted by atomic mass is 32.2. The smallest absolute Gasteiger partial charge is 0.262 e. The molecule has 0 aliphatic heterocycles. The van der Waals surface area contributed by atoms with Crippen molar-refractivity contribution in [1.82, 2.24) is 13.9 Å². The van der Waals surface area contributed by atoms with Gasteiger partial charge in [0, 0.05) is 32.4 Å². The molecule has 0 spiro atoms. The molecular weight excluding hydrogens is 240 g/mol. The Labute approximate surface area is 101 Å². The van der Waals surface area contributed by atoms with Crippen molar-refractivity contribution < 1.29 is 8.42 Å². The molecule has 1 heterocycles. The van der Waals surface area contributed by atoms with Crippen molar-refractivity contribution in [3.63, 3.8) is 0 Å². The van der Waals surface area contributed by atoms with Gasteiger partial charge in [0.2, 0.25) is 0 Å². The van der Waals surface area contributed by atoms with Crippen LogP contribution >= 0.6 is 0 Å². The summed E-state index contributed by atoms with van der Waals surface area (Å²) in [5.41, 5.74) is 5.49. The van der Waals surface area contributed by atoms with Crippen LogP contribution in [0.4, 0.5) is 0 Å². The van der Waals surface area contributed by atoms with Crippen molar-refractivity contribution in [2.24, 2.45) is 12.8 Å². The zero-order valence-electron chi connectivity index (χ0n) is 9.91. The predicted octanol–water partition coefficient (Wildman–Crippen LogP) is -0.0780. The first-order chi connectivity index (χ1) is 8.05. The van der Waals surface area contributed by atoms with Gasteiger partial charge in [-0.1, -0.05) is 6.42 Å². The SMILES string of the molecule is Cn1cnc(S(=O)(=O)N(CCN)C2CCC2)c1. The lowest BCUT2D eigenvalue weighted by Gasteiger charge is -2.35. The van der Waals surface area contributed by atoms with Crippen molar-refractivity contribution >= 4 is 10.0 Å². The minimum absolute atomic E-state index is 0.102. The van der Waals surface area contributed by atoms with E-state index in [1.54, 1.807) is 11.6 Å². The van der Waals surface area contributed by atoms with Gasteiger partial charge in [-0.3, -0.25) is 0 Å². The lowest BCUT2D eigenvalue weighted by Crippen LogP contribution is -2.46. The number of hydrogen-bond acceptors (Lipinski definition) is 4. The highest BCUT2D eigenvalue weighted by Crippen LogP contribution is 2.28. The van der Waals surface area contributed by atoms with Gasteiger partial charge < -0.3 is 10.3 Å². The number of aromatic nitrogens is 2. The van der Waals surface area contributed by atoms with E-state index < -0.39 is 10.0 Å². The van der Waals surface area contributed by atoms with E-state index in [9.17, 15) is 8.42 Å². The fourth-order valence-corrected chi connectivity index (χ4v) is 3.61. The Balaban J connectivity index is 2.27. The zero-order chi connectivity index (χ0) is 12.5. The Morgan fingerprint density at radius 2 is 2.29 bits per heavy atom. The molecule has 96 valence electrons. The summed E-state index contributed by atoms with van der Waals surface area (Å²) in [5.74, 6) is 0.